The first-order valence-electron chi connectivity index (χ1n) is 12.9. The molecule has 196 valence electrons. The maximum atomic E-state index is 14.9. The summed E-state index contributed by atoms with van der Waals surface area (Å²) in [5, 5.41) is 8.41. The van der Waals surface area contributed by atoms with Crippen LogP contribution in [-0.4, -0.2) is 62.2 Å². The highest BCUT2D eigenvalue weighted by Gasteiger charge is 2.48. The molecule has 3 heterocycles. The Morgan fingerprint density at radius 2 is 2.00 bits per heavy atom. The van der Waals surface area contributed by atoms with E-state index in [9.17, 15) is 13.6 Å². The number of rotatable bonds is 6. The number of hydrogen-bond donors (Lipinski definition) is 0. The molecule has 2 saturated carbocycles. The molecule has 0 spiro atoms. The van der Waals surface area contributed by atoms with Crippen molar-refractivity contribution in [1.82, 2.24) is 24.8 Å². The molecule has 1 saturated heterocycles. The van der Waals surface area contributed by atoms with Crippen molar-refractivity contribution < 1.29 is 22.8 Å². The minimum Gasteiger partial charge on any atom is -0.486 e. The Hall–Kier alpha value is -2.85. The Labute approximate surface area is 209 Å². The van der Waals surface area contributed by atoms with Crippen LogP contribution in [0, 0.1) is 5.92 Å². The van der Waals surface area contributed by atoms with Crippen LogP contribution in [0.1, 0.15) is 89.4 Å². The number of carbonyl (C=O) groups is 1. The molecule has 9 nitrogen and oxygen atoms in total. The molecule has 3 aliphatic rings. The van der Waals surface area contributed by atoms with Crippen LogP contribution in [0.25, 0.3) is 0 Å². The van der Waals surface area contributed by atoms with Gasteiger partial charge in [0.05, 0.1) is 18.3 Å². The van der Waals surface area contributed by atoms with Gasteiger partial charge in [-0.3, -0.25) is 4.68 Å². The second kappa shape index (κ2) is 9.55. The van der Waals surface area contributed by atoms with Crippen LogP contribution < -0.4 is 4.74 Å². The number of ether oxygens (including phenoxy) is 1. The van der Waals surface area contributed by atoms with Gasteiger partial charge < -0.3 is 14.2 Å². The van der Waals surface area contributed by atoms with Gasteiger partial charge in [0.25, 0.3) is 5.92 Å². The first-order chi connectivity index (χ1) is 17.1. The Balaban J connectivity index is 1.21. The molecule has 2 atom stereocenters. The van der Waals surface area contributed by atoms with Crippen LogP contribution in [0.15, 0.2) is 21.9 Å². The second-order valence-corrected chi connectivity index (χ2v) is 10.9. The molecular formula is C25H34F2N6O3. The summed E-state index contributed by atoms with van der Waals surface area (Å²) in [6.07, 6.45) is 7.61. The minimum absolute atomic E-state index is 0.136. The average molecular weight is 505 g/mol. The number of hydrogen-bond acceptors (Lipinski definition) is 6. The van der Waals surface area contributed by atoms with E-state index in [-0.39, 0.29) is 17.9 Å². The van der Waals surface area contributed by atoms with Gasteiger partial charge in [0.1, 0.15) is 6.10 Å². The summed E-state index contributed by atoms with van der Waals surface area (Å²) < 4.78 is 42.8. The van der Waals surface area contributed by atoms with E-state index in [0.29, 0.717) is 62.2 Å². The lowest BCUT2D eigenvalue weighted by Gasteiger charge is -2.37. The van der Waals surface area contributed by atoms with Crippen LogP contribution in [0.4, 0.5) is 13.6 Å². The summed E-state index contributed by atoms with van der Waals surface area (Å²) in [6.45, 7) is 6.93. The van der Waals surface area contributed by atoms with E-state index in [1.54, 1.807) is 15.8 Å². The summed E-state index contributed by atoms with van der Waals surface area (Å²) in [7, 11) is 0. The van der Waals surface area contributed by atoms with Crippen molar-refractivity contribution in [3.8, 4) is 5.75 Å². The van der Waals surface area contributed by atoms with Crippen LogP contribution in [0.2, 0.25) is 0 Å². The number of amides is 2. The van der Waals surface area contributed by atoms with Crippen molar-refractivity contribution in [2.45, 2.75) is 95.1 Å². The van der Waals surface area contributed by atoms with Gasteiger partial charge in [-0.15, -0.1) is 0 Å². The predicted octanol–water partition coefficient (Wildman–Crippen LogP) is 5.15. The fraction of sp³-hybridized carbons (Fsp3) is 0.720. The molecule has 2 aromatic rings. The van der Waals surface area contributed by atoms with Gasteiger partial charge in [0.2, 0.25) is 5.89 Å². The van der Waals surface area contributed by atoms with Gasteiger partial charge in [-0.1, -0.05) is 12.1 Å². The third-order valence-electron chi connectivity index (χ3n) is 7.67. The van der Waals surface area contributed by atoms with Crippen molar-refractivity contribution in [3.63, 3.8) is 0 Å². The number of alkyl halides is 2. The lowest BCUT2D eigenvalue weighted by atomic mass is 9.80. The molecular weight excluding hydrogens is 470 g/mol. The molecule has 3 fully saturated rings. The van der Waals surface area contributed by atoms with Gasteiger partial charge in [0.15, 0.2) is 11.6 Å². The second-order valence-electron chi connectivity index (χ2n) is 10.9. The fourth-order valence-corrected chi connectivity index (χ4v) is 4.95. The topological polar surface area (TPSA) is 98.6 Å². The zero-order valence-electron chi connectivity index (χ0n) is 21.1. The molecule has 0 bridgehead atoms. The third-order valence-corrected chi connectivity index (χ3v) is 7.67. The van der Waals surface area contributed by atoms with Crippen molar-refractivity contribution in [2.24, 2.45) is 10.9 Å². The zero-order valence-corrected chi connectivity index (χ0v) is 21.1. The predicted molar refractivity (Wildman–Crippen MR) is 128 cm³/mol. The number of aromatic nitrogens is 4. The molecule has 1 aliphatic heterocycles. The maximum absolute atomic E-state index is 14.9. The molecule has 11 heteroatoms. The van der Waals surface area contributed by atoms with Gasteiger partial charge >= 0.3 is 6.03 Å². The lowest BCUT2D eigenvalue weighted by molar-refractivity contribution is -0.0973. The van der Waals surface area contributed by atoms with Crippen molar-refractivity contribution >= 4 is 12.2 Å². The molecule has 2 amide bonds. The van der Waals surface area contributed by atoms with E-state index in [4.69, 9.17) is 9.26 Å². The quantitative estimate of drug-likeness (QED) is 0.505. The molecule has 2 aliphatic carbocycles. The number of halogens is 2. The van der Waals surface area contributed by atoms with Crippen LogP contribution >= 0.6 is 0 Å². The Morgan fingerprint density at radius 3 is 2.67 bits per heavy atom. The summed E-state index contributed by atoms with van der Waals surface area (Å²) >= 11 is 0. The normalized spacial score (nSPS) is 26.0. The SMILES string of the molecule is CC(C)n1cc(O[C@H]2CCCC(F)(F)C2/C=N/C(=O)N2CCC(C)(c3noc(C4CC4)n3)CC2)cn1. The smallest absolute Gasteiger partial charge is 0.343 e. The molecule has 0 N–H and O–H groups in total. The fourth-order valence-electron chi connectivity index (χ4n) is 4.95. The van der Waals surface area contributed by atoms with Gasteiger partial charge in [-0.05, 0) is 52.4 Å². The number of carbonyl (C=O) groups excluding carboxylic acids is 1. The van der Waals surface area contributed by atoms with E-state index in [0.717, 1.165) is 19.1 Å². The Morgan fingerprint density at radius 1 is 1.25 bits per heavy atom. The van der Waals surface area contributed by atoms with Crippen molar-refractivity contribution in [2.75, 3.05) is 13.1 Å². The maximum Gasteiger partial charge on any atom is 0.343 e. The van der Waals surface area contributed by atoms with E-state index in [2.05, 4.69) is 27.2 Å². The molecule has 5 rings (SSSR count). The Bertz CT molecular complexity index is 1100. The summed E-state index contributed by atoms with van der Waals surface area (Å²) in [6, 6.07) is -0.367. The summed E-state index contributed by atoms with van der Waals surface area (Å²) in [5.41, 5.74) is -0.285. The average Bonchev–Trinajstić information content (AvgIpc) is 3.35. The molecule has 1 unspecified atom stereocenters. The van der Waals surface area contributed by atoms with E-state index in [1.165, 1.54) is 6.20 Å². The van der Waals surface area contributed by atoms with Crippen molar-refractivity contribution in [3.05, 3.63) is 24.1 Å². The molecule has 0 radical (unpaired) electrons. The summed E-state index contributed by atoms with van der Waals surface area (Å²) in [4.78, 5) is 23.0. The van der Waals surface area contributed by atoms with Gasteiger partial charge in [-0.25, -0.2) is 18.6 Å². The number of aliphatic imine (C=N–C) groups is 1. The van der Waals surface area contributed by atoms with Crippen LogP contribution in [-0.2, 0) is 5.41 Å². The highest BCUT2D eigenvalue weighted by molar-refractivity contribution is 5.85. The van der Waals surface area contributed by atoms with Gasteiger partial charge in [-0.2, -0.15) is 10.1 Å². The highest BCUT2D eigenvalue weighted by Crippen LogP contribution is 2.42. The standard InChI is InChI=1S/C25H34F2N6O3/c1-16(2)33-15-18(13-29-33)35-20-5-4-8-25(26,27)19(20)14-28-23(34)32-11-9-24(3,10-12-32)22-30-21(36-31-22)17-6-7-17/h13-17,19-20H,4-12H2,1-3H3/b28-14+/t19?,20-/m0/s1. The van der Waals surface area contributed by atoms with E-state index < -0.39 is 24.0 Å². The lowest BCUT2D eigenvalue weighted by Crippen LogP contribution is -2.46. The first kappa shape index (κ1) is 24.8. The Kier molecular flexibility index (Phi) is 6.59. The van der Waals surface area contributed by atoms with E-state index in [1.807, 2.05) is 13.8 Å². The number of urea groups is 1. The highest BCUT2D eigenvalue weighted by atomic mass is 19.3. The monoisotopic (exact) mass is 504 g/mol. The van der Waals surface area contributed by atoms with Crippen molar-refractivity contribution in [1.29, 1.82) is 0 Å². The largest absolute Gasteiger partial charge is 0.486 e. The van der Waals surface area contributed by atoms with Crippen LogP contribution in [0.5, 0.6) is 5.75 Å². The third kappa shape index (κ3) is 5.15. The summed E-state index contributed by atoms with van der Waals surface area (Å²) in [5.74, 6) is -2.06. The molecule has 2 aromatic heterocycles. The molecule has 36 heavy (non-hydrogen) atoms. The van der Waals surface area contributed by atoms with Gasteiger partial charge in [0, 0.05) is 43.1 Å². The van der Waals surface area contributed by atoms with Crippen LogP contribution in [0.3, 0.4) is 0 Å². The van der Waals surface area contributed by atoms with E-state index >= 15 is 0 Å². The number of nitrogens with zero attached hydrogens (tertiary/aromatic N) is 6. The molecule has 0 aromatic carbocycles. The minimum atomic E-state index is -3.00. The zero-order chi connectivity index (χ0) is 25.5. The first-order valence-corrected chi connectivity index (χ1v) is 12.9. The number of likely N-dealkylation sites (tertiary alicyclic amines) is 1. The number of piperidine rings is 1.